The number of pyridine rings is 1. The van der Waals surface area contributed by atoms with Crippen LogP contribution in [0.5, 0.6) is 5.75 Å². The quantitative estimate of drug-likeness (QED) is 0.152. The summed E-state index contributed by atoms with van der Waals surface area (Å²) in [6, 6.07) is 4.41. The lowest BCUT2D eigenvalue weighted by Crippen LogP contribution is -2.53. The van der Waals surface area contributed by atoms with Crippen molar-refractivity contribution in [2.45, 2.75) is 50.2 Å². The fourth-order valence-corrected chi connectivity index (χ4v) is 4.36. The summed E-state index contributed by atoms with van der Waals surface area (Å²) in [5.41, 5.74) is -1.74. The Morgan fingerprint density at radius 3 is 2.31 bits per heavy atom. The van der Waals surface area contributed by atoms with Gasteiger partial charge in [0.25, 0.3) is 11.5 Å². The highest BCUT2D eigenvalue weighted by Crippen LogP contribution is 2.50. The Morgan fingerprint density at radius 1 is 1.14 bits per heavy atom. The molecule has 2 aromatic rings. The first-order chi connectivity index (χ1) is 19.5. The predicted molar refractivity (Wildman–Crippen MR) is 139 cm³/mol. The molecule has 8 nitrogen and oxygen atoms in total. The molecule has 0 aliphatic carbocycles. The van der Waals surface area contributed by atoms with E-state index in [9.17, 15) is 41.0 Å². The van der Waals surface area contributed by atoms with Crippen LogP contribution in [-0.4, -0.2) is 45.8 Å². The van der Waals surface area contributed by atoms with Crippen LogP contribution in [0.15, 0.2) is 79.0 Å². The smallest absolute Gasteiger partial charge is 0.430 e. The Morgan fingerprint density at radius 2 is 1.76 bits per heavy atom. The average Bonchev–Trinajstić information content (AvgIpc) is 3.12. The normalized spacial score (nSPS) is 18.5. The van der Waals surface area contributed by atoms with Crippen LogP contribution < -0.4 is 15.8 Å². The van der Waals surface area contributed by atoms with E-state index >= 15 is 0 Å². The van der Waals surface area contributed by atoms with Crippen molar-refractivity contribution in [3.8, 4) is 5.75 Å². The molecule has 1 atom stereocenters. The number of halogens is 6. The van der Waals surface area contributed by atoms with Gasteiger partial charge in [0.1, 0.15) is 17.0 Å². The zero-order valence-corrected chi connectivity index (χ0v) is 22.5. The summed E-state index contributed by atoms with van der Waals surface area (Å²) >= 11 is 0. The molecule has 3 rings (SSSR count). The van der Waals surface area contributed by atoms with Crippen LogP contribution >= 0.6 is 0 Å². The fourth-order valence-electron chi connectivity index (χ4n) is 4.36. The van der Waals surface area contributed by atoms with Gasteiger partial charge < -0.3 is 20.9 Å². The molecule has 42 heavy (non-hydrogen) atoms. The Bertz CT molecular complexity index is 1390. The highest BCUT2D eigenvalue weighted by atomic mass is 19.4. The molecule has 14 heteroatoms. The van der Waals surface area contributed by atoms with Gasteiger partial charge in [0.05, 0.1) is 6.54 Å². The van der Waals surface area contributed by atoms with Gasteiger partial charge in [0, 0.05) is 18.0 Å². The largest absolute Gasteiger partial charge is 0.457 e. The summed E-state index contributed by atoms with van der Waals surface area (Å²) in [4.78, 5) is 30.6. The number of nitrogens with one attached hydrogen (secondary N) is 1. The number of aryl methyl sites for hydroxylation is 1. The summed E-state index contributed by atoms with van der Waals surface area (Å²) in [5.74, 6) is -0.712. The van der Waals surface area contributed by atoms with E-state index < -0.39 is 41.0 Å². The third kappa shape index (κ3) is 6.12. The molecule has 1 unspecified atom stereocenters. The summed E-state index contributed by atoms with van der Waals surface area (Å²) < 4.78 is 86.3. The zero-order chi connectivity index (χ0) is 31.5. The van der Waals surface area contributed by atoms with Crippen molar-refractivity contribution < 1.29 is 45.8 Å². The molecular formula is C28H28F6N4O4. The second-order valence-electron chi connectivity index (χ2n) is 9.63. The minimum Gasteiger partial charge on any atom is -0.457 e. The molecule has 1 fully saturated rings. The standard InChI is InChI=1S/C28H28F6N4O4/c1-4-5-18-15-20(26(41,27(29,30)31)28(32,33)34)6-7-22(18)42-21(8-11-35)14-17(2)16-38-23(39)25(3,37-24(38)40)19-9-12-36-13-10-19/h6-15,41H,2,4-5,16,35H2,1,3H3,(H,37,40)/b11-8-,21-14+. The molecule has 1 aliphatic rings. The number of nitrogens with zero attached hydrogens (tertiary/aromatic N) is 2. The number of hydrogen-bond acceptors (Lipinski definition) is 6. The Labute approximate surface area is 237 Å². The first-order valence-electron chi connectivity index (χ1n) is 12.5. The van der Waals surface area contributed by atoms with Crippen LogP contribution in [0.25, 0.3) is 0 Å². The van der Waals surface area contributed by atoms with E-state index in [4.69, 9.17) is 10.5 Å². The molecule has 0 saturated carbocycles. The lowest BCUT2D eigenvalue weighted by atomic mass is 9.90. The molecule has 0 bridgehead atoms. The van der Waals surface area contributed by atoms with Gasteiger partial charge in [-0.2, -0.15) is 26.3 Å². The van der Waals surface area contributed by atoms with Crippen molar-refractivity contribution in [2.75, 3.05) is 6.54 Å². The number of aromatic nitrogens is 1. The third-order valence-corrected chi connectivity index (χ3v) is 6.55. The summed E-state index contributed by atoms with van der Waals surface area (Å²) in [6.07, 6.45) is -5.22. The number of benzene rings is 1. The van der Waals surface area contributed by atoms with Crippen LogP contribution in [-0.2, 0) is 22.4 Å². The van der Waals surface area contributed by atoms with Crippen LogP contribution in [0.4, 0.5) is 31.1 Å². The number of rotatable bonds is 10. The number of amides is 3. The number of ether oxygens (including phenoxy) is 1. The lowest BCUT2D eigenvalue weighted by Gasteiger charge is -2.33. The number of carbonyl (C=O) groups is 2. The van der Waals surface area contributed by atoms with Gasteiger partial charge in [-0.15, -0.1) is 0 Å². The zero-order valence-electron chi connectivity index (χ0n) is 22.5. The minimum atomic E-state index is -6.05. The van der Waals surface area contributed by atoms with Crippen molar-refractivity contribution in [1.82, 2.24) is 15.2 Å². The summed E-state index contributed by atoms with van der Waals surface area (Å²) in [5, 5.41) is 12.4. The van der Waals surface area contributed by atoms with Crippen LogP contribution in [0.1, 0.15) is 37.0 Å². The van der Waals surface area contributed by atoms with E-state index in [1.807, 2.05) is 0 Å². The Hall–Kier alpha value is -4.33. The number of imide groups is 1. The lowest BCUT2D eigenvalue weighted by molar-refractivity contribution is -0.376. The molecule has 3 amide bonds. The molecule has 226 valence electrons. The van der Waals surface area contributed by atoms with Crippen molar-refractivity contribution in [1.29, 1.82) is 0 Å². The molecule has 0 radical (unpaired) electrons. The topological polar surface area (TPSA) is 118 Å². The first-order valence-corrected chi connectivity index (χ1v) is 12.5. The highest BCUT2D eigenvalue weighted by Gasteiger charge is 2.71. The number of alkyl halides is 6. The van der Waals surface area contributed by atoms with Gasteiger partial charge in [-0.05, 0) is 72.7 Å². The van der Waals surface area contributed by atoms with E-state index in [2.05, 4.69) is 16.9 Å². The maximum absolute atomic E-state index is 13.4. The molecular weight excluding hydrogens is 570 g/mol. The molecule has 1 aliphatic heterocycles. The number of carbonyl (C=O) groups excluding carboxylic acids is 2. The van der Waals surface area contributed by atoms with E-state index in [-0.39, 0.29) is 35.6 Å². The summed E-state index contributed by atoms with van der Waals surface area (Å²) in [6.45, 7) is 6.73. The maximum Gasteiger partial charge on any atom is 0.430 e. The monoisotopic (exact) mass is 598 g/mol. The van der Waals surface area contributed by atoms with Crippen LogP contribution in [0.3, 0.4) is 0 Å². The molecule has 0 spiro atoms. The van der Waals surface area contributed by atoms with Gasteiger partial charge in [-0.3, -0.25) is 14.7 Å². The van der Waals surface area contributed by atoms with Crippen molar-refractivity contribution in [3.05, 3.63) is 95.7 Å². The van der Waals surface area contributed by atoms with E-state index in [1.165, 1.54) is 31.5 Å². The average molecular weight is 599 g/mol. The summed E-state index contributed by atoms with van der Waals surface area (Å²) in [7, 11) is 0. The Kier molecular flexibility index (Phi) is 9.10. The predicted octanol–water partition coefficient (Wildman–Crippen LogP) is 5.10. The van der Waals surface area contributed by atoms with Crippen LogP contribution in [0.2, 0.25) is 0 Å². The first kappa shape index (κ1) is 32.2. The molecule has 2 heterocycles. The maximum atomic E-state index is 13.4. The minimum absolute atomic E-state index is 0.00553. The number of allylic oxidation sites excluding steroid dienone is 1. The van der Waals surface area contributed by atoms with Gasteiger partial charge in [0.2, 0.25) is 0 Å². The highest BCUT2D eigenvalue weighted by molar-refractivity contribution is 6.07. The fraction of sp³-hybridized carbons (Fsp3) is 0.321. The van der Waals surface area contributed by atoms with Gasteiger partial charge in [0.15, 0.2) is 0 Å². The van der Waals surface area contributed by atoms with Gasteiger partial charge in [-0.1, -0.05) is 26.0 Å². The molecule has 1 saturated heterocycles. The van der Waals surface area contributed by atoms with Crippen molar-refractivity contribution >= 4 is 11.9 Å². The number of hydrogen-bond donors (Lipinski definition) is 3. The number of aliphatic hydroxyl groups is 1. The van der Waals surface area contributed by atoms with E-state index in [0.717, 1.165) is 17.2 Å². The van der Waals surface area contributed by atoms with Crippen molar-refractivity contribution in [3.63, 3.8) is 0 Å². The Balaban J connectivity index is 1.90. The van der Waals surface area contributed by atoms with Crippen LogP contribution in [0, 0.1) is 0 Å². The van der Waals surface area contributed by atoms with E-state index in [0.29, 0.717) is 24.1 Å². The second-order valence-corrected chi connectivity index (χ2v) is 9.63. The SMILES string of the molecule is C=C(/C=C(\C=C/N)Oc1ccc(C(O)(C(F)(F)F)C(F)(F)F)cc1CCC)CN1C(=O)NC(C)(c2ccncc2)C1=O. The van der Waals surface area contributed by atoms with Gasteiger partial charge >= 0.3 is 18.4 Å². The third-order valence-electron chi connectivity index (χ3n) is 6.55. The second kappa shape index (κ2) is 11.9. The molecule has 4 N–H and O–H groups in total. The molecule has 1 aromatic carbocycles. The van der Waals surface area contributed by atoms with E-state index in [1.54, 1.807) is 19.1 Å². The number of urea groups is 1. The molecule has 1 aromatic heterocycles. The van der Waals surface area contributed by atoms with Gasteiger partial charge in [-0.25, -0.2) is 4.79 Å². The number of nitrogens with two attached hydrogens (primary N) is 1. The van der Waals surface area contributed by atoms with Crippen molar-refractivity contribution in [2.24, 2.45) is 5.73 Å².